The number of rotatable bonds is 2. The molecule has 10 radical (unpaired) electrons. The van der Waals surface area contributed by atoms with Gasteiger partial charge in [0.15, 0.2) is 0 Å². The van der Waals surface area contributed by atoms with Crippen molar-refractivity contribution < 1.29 is 31.4 Å². The van der Waals surface area contributed by atoms with Gasteiger partial charge in [0, 0.05) is 11.8 Å². The number of carbonyl (C=O) groups is 2. The van der Waals surface area contributed by atoms with E-state index in [0.29, 0.717) is 5.92 Å². The molecular weight excluding hydrogens is 406 g/mol. The molecule has 152 valence electrons. The molecule has 0 N–H and O–H groups in total. The first-order chi connectivity index (χ1) is 13.4. The number of allylic oxidation sites excluding steroid dienone is 2. The Bertz CT molecular complexity index is 628. The molecule has 4 aliphatic carbocycles. The van der Waals surface area contributed by atoms with Crippen molar-refractivity contribution in [1.82, 2.24) is 4.90 Å². The zero-order valence-corrected chi connectivity index (χ0v) is 18.1. The molecule has 3 saturated carbocycles. The fraction of sp³-hybridized carbons (Fsp3) is 0.417. The van der Waals surface area contributed by atoms with Crippen LogP contribution in [0.25, 0.3) is 0 Å². The van der Waals surface area contributed by atoms with Crippen molar-refractivity contribution >= 4 is 12.0 Å². The third-order valence-corrected chi connectivity index (χ3v) is 6.40. The van der Waals surface area contributed by atoms with E-state index in [1.807, 2.05) is 71.6 Å². The number of carbonyl (C=O) groups excluding carboxylic acids is 2. The molecule has 0 aromatic carbocycles. The minimum atomic E-state index is -0.711. The molecule has 29 heavy (non-hydrogen) atoms. The number of amides is 2. The Hall–Kier alpha value is -0.801. The van der Waals surface area contributed by atoms with Crippen molar-refractivity contribution in [3.63, 3.8) is 0 Å². The molecule has 2 bridgehead atoms. The van der Waals surface area contributed by atoms with E-state index in [0.717, 1.165) is 12.3 Å². The maximum atomic E-state index is 13.2. The number of hydrogen-bond donors (Lipinski definition) is 0. The summed E-state index contributed by atoms with van der Waals surface area (Å²) in [5.74, 6) is 1.80. The van der Waals surface area contributed by atoms with Crippen molar-refractivity contribution in [3.8, 4) is 0 Å². The van der Waals surface area contributed by atoms with Crippen LogP contribution in [0.1, 0.15) is 27.2 Å². The van der Waals surface area contributed by atoms with Gasteiger partial charge < -0.3 is 4.74 Å². The Morgan fingerprint density at radius 3 is 2.07 bits per heavy atom. The molecule has 0 aromatic heterocycles. The van der Waals surface area contributed by atoms with E-state index in [4.69, 9.17) is 4.74 Å². The van der Waals surface area contributed by atoms with Crippen LogP contribution in [0.2, 0.25) is 0 Å². The monoisotopic (exact) mass is 433 g/mol. The van der Waals surface area contributed by atoms with Gasteiger partial charge in [-0.25, -0.2) is 9.69 Å². The van der Waals surface area contributed by atoms with Gasteiger partial charge in [0.05, 0.1) is 6.04 Å². The molecule has 5 heteroatoms. The van der Waals surface area contributed by atoms with Crippen molar-refractivity contribution in [1.29, 1.82) is 0 Å². The third kappa shape index (κ3) is 4.32. The van der Waals surface area contributed by atoms with Crippen LogP contribution in [-0.4, -0.2) is 28.5 Å². The van der Waals surface area contributed by atoms with Crippen LogP contribution >= 0.6 is 0 Å². The van der Waals surface area contributed by atoms with Crippen LogP contribution in [-0.2, 0) is 26.6 Å². The fourth-order valence-corrected chi connectivity index (χ4v) is 5.04. The fourth-order valence-electron chi connectivity index (χ4n) is 5.04. The Morgan fingerprint density at radius 1 is 1.00 bits per heavy atom. The van der Waals surface area contributed by atoms with Crippen LogP contribution in [0.15, 0.2) is 12.2 Å². The summed E-state index contributed by atoms with van der Waals surface area (Å²) in [6, 6.07) is -0.354. The van der Waals surface area contributed by atoms with Gasteiger partial charge in [-0.05, 0) is 95.8 Å². The third-order valence-electron chi connectivity index (χ3n) is 6.40. The van der Waals surface area contributed by atoms with Crippen molar-refractivity contribution in [3.05, 3.63) is 75.9 Å². The van der Waals surface area contributed by atoms with Gasteiger partial charge in [0.2, 0.25) is 5.91 Å². The standard InChI is InChI=1S/C19H22NO3.C5H5.Fe/c1-11-13-8-9-14(10-13)15(11)17(21)20-16(12-6-4-5-7-12)19(2,3)23-18(20)22;1-2-4-5-3-1;/h4-9,11,13-16H,10H2,1-3H3;1-5H;/q;;+2/t11-,13+,14-,15+,16+;;/m0../s1. The summed E-state index contributed by atoms with van der Waals surface area (Å²) >= 11 is 0. The van der Waals surface area contributed by atoms with E-state index in [1.165, 1.54) is 4.90 Å². The topological polar surface area (TPSA) is 46.6 Å². The average Bonchev–Trinajstić information content (AvgIpc) is 3.45. The smallest absolute Gasteiger partial charge is 0.441 e. The number of fused-ring (bicyclic) bond motifs is 2. The average molecular weight is 433 g/mol. The second kappa shape index (κ2) is 9.14. The maximum absolute atomic E-state index is 13.2. The predicted octanol–water partition coefficient (Wildman–Crippen LogP) is 3.99. The zero-order chi connectivity index (χ0) is 19.9. The second-order valence-electron chi connectivity index (χ2n) is 8.60. The van der Waals surface area contributed by atoms with E-state index < -0.39 is 11.7 Å². The molecule has 0 unspecified atom stereocenters. The minimum Gasteiger partial charge on any atom is -0.441 e. The van der Waals surface area contributed by atoms with Crippen molar-refractivity contribution in [2.75, 3.05) is 0 Å². The Balaban J connectivity index is 0.000000352. The number of imide groups is 1. The van der Waals surface area contributed by atoms with Gasteiger partial charge in [0.1, 0.15) is 5.60 Å². The Kier molecular flexibility index (Phi) is 7.21. The Morgan fingerprint density at radius 2 is 1.55 bits per heavy atom. The van der Waals surface area contributed by atoms with Gasteiger partial charge in [-0.15, -0.1) is 0 Å². The first-order valence-electron chi connectivity index (χ1n) is 10.0. The van der Waals surface area contributed by atoms with Crippen LogP contribution in [0.4, 0.5) is 4.79 Å². The van der Waals surface area contributed by atoms with E-state index in [2.05, 4.69) is 19.1 Å². The molecule has 5 atom stereocenters. The summed E-state index contributed by atoms with van der Waals surface area (Å²) in [7, 11) is 0. The molecule has 1 aliphatic heterocycles. The van der Waals surface area contributed by atoms with E-state index >= 15 is 0 Å². The normalized spacial score (nSPS) is 37.3. The summed E-state index contributed by atoms with van der Waals surface area (Å²) < 4.78 is 5.54. The van der Waals surface area contributed by atoms with Crippen LogP contribution < -0.4 is 0 Å². The van der Waals surface area contributed by atoms with Gasteiger partial charge in [-0.2, -0.15) is 0 Å². The van der Waals surface area contributed by atoms with Crippen molar-refractivity contribution in [2.45, 2.75) is 38.8 Å². The van der Waals surface area contributed by atoms with Gasteiger partial charge in [-0.3, -0.25) is 4.79 Å². The quantitative estimate of drug-likeness (QED) is 0.489. The number of hydrogen-bond acceptors (Lipinski definition) is 3. The predicted molar refractivity (Wildman–Crippen MR) is 107 cm³/mol. The number of cyclic esters (lactones) is 1. The molecule has 0 spiro atoms. The summed E-state index contributed by atoms with van der Waals surface area (Å²) in [6.07, 6.45) is 22.7. The summed E-state index contributed by atoms with van der Waals surface area (Å²) in [5.41, 5.74) is -0.711. The molecule has 1 heterocycles. The molecule has 2 amide bonds. The molecule has 1 saturated heterocycles. The van der Waals surface area contributed by atoms with Gasteiger partial charge in [0.25, 0.3) is 0 Å². The first kappa shape index (κ1) is 22.9. The zero-order valence-electron chi connectivity index (χ0n) is 17.0. The minimum absolute atomic E-state index is 0. The summed E-state index contributed by atoms with van der Waals surface area (Å²) in [5, 5.41) is 0. The molecule has 4 fully saturated rings. The molecule has 0 aromatic rings. The van der Waals surface area contributed by atoms with Crippen molar-refractivity contribution in [2.24, 2.45) is 23.7 Å². The van der Waals surface area contributed by atoms with Crippen LogP contribution in [0, 0.1) is 87.4 Å². The van der Waals surface area contributed by atoms with Crippen LogP contribution in [0.5, 0.6) is 0 Å². The molecule has 5 rings (SSSR count). The number of nitrogens with zero attached hydrogens (tertiary/aromatic N) is 1. The van der Waals surface area contributed by atoms with Gasteiger partial charge >= 0.3 is 23.2 Å². The SMILES string of the molecule is C[C@@H]1[C@@H](C(=O)N2C(=O)OC(C)(C)[C@H]2[C]2[CH][CH][CH][CH]2)[C@H]2C=C[C@@H]1C2.[CH]1[CH][CH][CH][CH]1.[Fe+2]. The first-order valence-corrected chi connectivity index (χ1v) is 10.0. The van der Waals surface area contributed by atoms with E-state index in [9.17, 15) is 9.59 Å². The van der Waals surface area contributed by atoms with E-state index in [-0.39, 0.29) is 46.8 Å². The molecule has 4 nitrogen and oxygen atoms in total. The largest absolute Gasteiger partial charge is 2.00 e. The summed E-state index contributed by atoms with van der Waals surface area (Å²) in [6.45, 7) is 5.88. The maximum Gasteiger partial charge on any atom is 2.00 e. The Labute approximate surface area is 186 Å². The number of ether oxygens (including phenoxy) is 1. The summed E-state index contributed by atoms with van der Waals surface area (Å²) in [4.78, 5) is 27.1. The second-order valence-corrected chi connectivity index (χ2v) is 8.60. The molecule has 5 aliphatic rings. The molecular formula is C24H27FeNO3+2. The van der Waals surface area contributed by atoms with Gasteiger partial charge in [-0.1, -0.05) is 19.1 Å². The van der Waals surface area contributed by atoms with Crippen LogP contribution in [0.3, 0.4) is 0 Å². The van der Waals surface area contributed by atoms with E-state index in [1.54, 1.807) is 0 Å².